The second-order valence-corrected chi connectivity index (χ2v) is 4.45. The lowest BCUT2D eigenvalue weighted by molar-refractivity contribution is -0.185. The summed E-state index contributed by atoms with van der Waals surface area (Å²) in [6, 6.07) is 7.31. The Balaban J connectivity index is 2.03. The molecular formula is C13H15F3N2O2. The second kappa shape index (κ2) is 5.60. The number of benzene rings is 1. The molecule has 4 nitrogen and oxygen atoms in total. The Labute approximate surface area is 114 Å². The lowest BCUT2D eigenvalue weighted by Gasteiger charge is -2.36. The number of para-hydroxylation sites is 2. The average molecular weight is 288 g/mol. The minimum absolute atomic E-state index is 0.0520. The van der Waals surface area contributed by atoms with Gasteiger partial charge in [0.15, 0.2) is 0 Å². The molecule has 1 aliphatic rings. The molecule has 0 atom stereocenters. The highest BCUT2D eigenvalue weighted by molar-refractivity contribution is 5.82. The Morgan fingerprint density at radius 3 is 2.30 bits per heavy atom. The highest BCUT2D eigenvalue weighted by atomic mass is 19.4. The first-order chi connectivity index (χ1) is 9.43. The summed E-state index contributed by atoms with van der Waals surface area (Å²) in [4.78, 5) is 13.9. The van der Waals surface area contributed by atoms with E-state index >= 15 is 0 Å². The van der Waals surface area contributed by atoms with E-state index in [0.29, 0.717) is 18.8 Å². The molecule has 0 unspecified atom stereocenters. The van der Waals surface area contributed by atoms with Crippen LogP contribution in [0.15, 0.2) is 24.3 Å². The molecule has 1 aliphatic heterocycles. The zero-order chi connectivity index (χ0) is 14.8. The van der Waals surface area contributed by atoms with Crippen molar-refractivity contribution in [2.24, 2.45) is 0 Å². The van der Waals surface area contributed by atoms with E-state index in [4.69, 9.17) is 4.74 Å². The van der Waals surface area contributed by atoms with E-state index in [0.717, 1.165) is 10.6 Å². The molecule has 1 fully saturated rings. The van der Waals surface area contributed by atoms with Crippen LogP contribution in [0.25, 0.3) is 0 Å². The first-order valence-electron chi connectivity index (χ1n) is 6.17. The third-order valence-corrected chi connectivity index (χ3v) is 3.24. The van der Waals surface area contributed by atoms with Crippen LogP contribution in [0, 0.1) is 0 Å². The summed E-state index contributed by atoms with van der Waals surface area (Å²) in [6.45, 7) is 0.803. The maximum absolute atomic E-state index is 12.3. The molecule has 2 rings (SSSR count). The number of alkyl halides is 3. The standard InChI is InChI=1S/C13H15F3N2O2/c1-20-11-5-3-2-4-10(11)17-6-8-18(9-7-17)12(19)13(14,15)16/h2-5H,6-9H2,1H3. The number of ether oxygens (including phenoxy) is 1. The number of piperazine rings is 1. The Hall–Kier alpha value is -1.92. The van der Waals surface area contributed by atoms with Gasteiger partial charge in [-0.2, -0.15) is 13.2 Å². The minimum Gasteiger partial charge on any atom is -0.495 e. The first-order valence-corrected chi connectivity index (χ1v) is 6.17. The van der Waals surface area contributed by atoms with Gasteiger partial charge in [0.05, 0.1) is 12.8 Å². The van der Waals surface area contributed by atoms with Crippen LogP contribution < -0.4 is 9.64 Å². The zero-order valence-electron chi connectivity index (χ0n) is 11.0. The van der Waals surface area contributed by atoms with Crippen LogP contribution in [0.2, 0.25) is 0 Å². The number of nitrogens with zero attached hydrogens (tertiary/aromatic N) is 2. The lowest BCUT2D eigenvalue weighted by Crippen LogP contribution is -2.52. The van der Waals surface area contributed by atoms with Crippen LogP contribution >= 0.6 is 0 Å². The predicted molar refractivity (Wildman–Crippen MR) is 67.8 cm³/mol. The van der Waals surface area contributed by atoms with Gasteiger partial charge >= 0.3 is 12.1 Å². The number of carbonyl (C=O) groups is 1. The van der Waals surface area contributed by atoms with E-state index in [-0.39, 0.29) is 13.1 Å². The highest BCUT2D eigenvalue weighted by Crippen LogP contribution is 2.29. The van der Waals surface area contributed by atoms with Crippen molar-refractivity contribution in [1.82, 2.24) is 4.90 Å². The molecule has 0 bridgehead atoms. The van der Waals surface area contributed by atoms with Crippen LogP contribution in [-0.4, -0.2) is 50.3 Å². The van der Waals surface area contributed by atoms with Crippen molar-refractivity contribution in [2.75, 3.05) is 38.2 Å². The molecule has 1 aromatic rings. The van der Waals surface area contributed by atoms with Crippen molar-refractivity contribution in [3.63, 3.8) is 0 Å². The van der Waals surface area contributed by atoms with Gasteiger partial charge in [0.2, 0.25) is 0 Å². The summed E-state index contributed by atoms with van der Waals surface area (Å²) in [5.74, 6) is -1.10. The molecule has 0 aliphatic carbocycles. The van der Waals surface area contributed by atoms with E-state index in [9.17, 15) is 18.0 Å². The largest absolute Gasteiger partial charge is 0.495 e. The van der Waals surface area contributed by atoms with Crippen molar-refractivity contribution >= 4 is 11.6 Å². The van der Waals surface area contributed by atoms with Crippen LogP contribution in [-0.2, 0) is 4.79 Å². The van der Waals surface area contributed by atoms with Gasteiger partial charge in [-0.1, -0.05) is 12.1 Å². The highest BCUT2D eigenvalue weighted by Gasteiger charge is 2.43. The molecule has 0 aromatic heterocycles. The second-order valence-electron chi connectivity index (χ2n) is 4.45. The average Bonchev–Trinajstić information content (AvgIpc) is 2.45. The van der Waals surface area contributed by atoms with Gasteiger partial charge in [0, 0.05) is 26.2 Å². The zero-order valence-corrected chi connectivity index (χ0v) is 11.0. The van der Waals surface area contributed by atoms with E-state index in [1.54, 1.807) is 13.2 Å². The summed E-state index contributed by atoms with van der Waals surface area (Å²) < 4.78 is 42.3. The fourth-order valence-electron chi connectivity index (χ4n) is 2.22. The summed E-state index contributed by atoms with van der Waals surface area (Å²) in [5.41, 5.74) is 0.828. The van der Waals surface area contributed by atoms with Crippen molar-refractivity contribution in [1.29, 1.82) is 0 Å². The van der Waals surface area contributed by atoms with Gasteiger partial charge < -0.3 is 14.5 Å². The maximum Gasteiger partial charge on any atom is 0.471 e. The van der Waals surface area contributed by atoms with Crippen LogP contribution in [0.3, 0.4) is 0 Å². The molecule has 110 valence electrons. The van der Waals surface area contributed by atoms with Crippen LogP contribution in [0.5, 0.6) is 5.75 Å². The van der Waals surface area contributed by atoms with E-state index in [2.05, 4.69) is 0 Å². The number of carbonyl (C=O) groups excluding carboxylic acids is 1. The Bertz CT molecular complexity index is 483. The lowest BCUT2D eigenvalue weighted by atomic mass is 10.2. The molecule has 20 heavy (non-hydrogen) atoms. The molecule has 1 amide bonds. The van der Waals surface area contributed by atoms with E-state index in [1.165, 1.54) is 0 Å². The minimum atomic E-state index is -4.80. The smallest absolute Gasteiger partial charge is 0.471 e. The predicted octanol–water partition coefficient (Wildman–Crippen LogP) is 1.91. The van der Waals surface area contributed by atoms with Crippen molar-refractivity contribution in [3.8, 4) is 5.75 Å². The van der Waals surface area contributed by atoms with Crippen molar-refractivity contribution < 1.29 is 22.7 Å². The molecule has 1 heterocycles. The number of hydrogen-bond donors (Lipinski definition) is 0. The Morgan fingerprint density at radius 1 is 1.15 bits per heavy atom. The summed E-state index contributed by atoms with van der Waals surface area (Å²) in [6.07, 6.45) is -4.80. The molecule has 1 saturated heterocycles. The third kappa shape index (κ3) is 2.97. The van der Waals surface area contributed by atoms with Gasteiger partial charge in [-0.05, 0) is 12.1 Å². The monoisotopic (exact) mass is 288 g/mol. The van der Waals surface area contributed by atoms with Gasteiger partial charge in [0.1, 0.15) is 5.75 Å². The van der Waals surface area contributed by atoms with Crippen LogP contribution in [0.4, 0.5) is 18.9 Å². The quantitative estimate of drug-likeness (QED) is 0.833. The summed E-state index contributed by atoms with van der Waals surface area (Å²) >= 11 is 0. The SMILES string of the molecule is COc1ccccc1N1CCN(C(=O)C(F)(F)F)CC1. The van der Waals surface area contributed by atoms with Gasteiger partial charge in [-0.15, -0.1) is 0 Å². The number of rotatable bonds is 2. The molecular weight excluding hydrogens is 273 g/mol. The normalized spacial score (nSPS) is 16.2. The van der Waals surface area contributed by atoms with Gasteiger partial charge in [-0.3, -0.25) is 4.79 Å². The number of methoxy groups -OCH3 is 1. The maximum atomic E-state index is 12.3. The van der Waals surface area contributed by atoms with Gasteiger partial charge in [0.25, 0.3) is 0 Å². The van der Waals surface area contributed by atoms with Crippen molar-refractivity contribution in [3.05, 3.63) is 24.3 Å². The third-order valence-electron chi connectivity index (χ3n) is 3.24. The van der Waals surface area contributed by atoms with Gasteiger partial charge in [-0.25, -0.2) is 0 Å². The number of amides is 1. The molecule has 0 radical (unpaired) electrons. The van der Waals surface area contributed by atoms with Crippen LogP contribution in [0.1, 0.15) is 0 Å². The Kier molecular flexibility index (Phi) is 4.06. The van der Waals surface area contributed by atoms with E-state index in [1.807, 2.05) is 23.1 Å². The summed E-state index contributed by atoms with van der Waals surface area (Å²) in [7, 11) is 1.54. The number of anilines is 1. The number of hydrogen-bond acceptors (Lipinski definition) is 3. The van der Waals surface area contributed by atoms with E-state index < -0.39 is 12.1 Å². The molecule has 0 spiro atoms. The molecule has 7 heteroatoms. The summed E-state index contributed by atoms with van der Waals surface area (Å²) in [5, 5.41) is 0. The topological polar surface area (TPSA) is 32.8 Å². The number of halogens is 3. The molecule has 0 N–H and O–H groups in total. The fourth-order valence-corrected chi connectivity index (χ4v) is 2.22. The first kappa shape index (κ1) is 14.5. The molecule has 1 aromatic carbocycles. The van der Waals surface area contributed by atoms with Crippen molar-refractivity contribution in [2.45, 2.75) is 6.18 Å². The fraction of sp³-hybridized carbons (Fsp3) is 0.462. The Morgan fingerprint density at radius 2 is 1.75 bits per heavy atom. The molecule has 0 saturated carbocycles.